The van der Waals surface area contributed by atoms with Gasteiger partial charge < -0.3 is 0 Å². The summed E-state index contributed by atoms with van der Waals surface area (Å²) in [7, 11) is 0. The Morgan fingerprint density at radius 3 is 2.50 bits per heavy atom. The van der Waals surface area contributed by atoms with Crippen LogP contribution in [0.3, 0.4) is 0 Å². The third-order valence-corrected chi connectivity index (χ3v) is 2.92. The van der Waals surface area contributed by atoms with E-state index in [1.54, 1.807) is 11.8 Å². The minimum absolute atomic E-state index is 1.23. The molecule has 0 saturated carbocycles. The van der Waals surface area contributed by atoms with Crippen LogP contribution in [0.5, 0.6) is 0 Å². The number of hydrogen-bond donors (Lipinski definition) is 0. The van der Waals surface area contributed by atoms with Crippen LogP contribution in [0, 0.1) is 0 Å². The Balaban J connectivity index is 3.96. The van der Waals surface area contributed by atoms with Crippen LogP contribution in [0.15, 0.2) is 35.3 Å². The summed E-state index contributed by atoms with van der Waals surface area (Å²) >= 11 is 1.74. The molecule has 0 heterocycles. The van der Waals surface area contributed by atoms with Gasteiger partial charge in [0.1, 0.15) is 0 Å². The van der Waals surface area contributed by atoms with E-state index in [2.05, 4.69) is 38.8 Å². The maximum Gasteiger partial charge on any atom is 0.00632 e. The van der Waals surface area contributed by atoms with E-state index in [1.165, 1.54) is 36.2 Å². The average Bonchev–Trinajstić information content (AvgIpc) is 2.20. The molecule has 80 valence electrons. The molecule has 0 unspecified atom stereocenters. The first-order valence-corrected chi connectivity index (χ1v) is 6.51. The molecule has 0 rings (SSSR count). The van der Waals surface area contributed by atoms with E-state index < -0.39 is 0 Å². The Labute approximate surface area is 93.2 Å². The van der Waals surface area contributed by atoms with Crippen molar-refractivity contribution in [3.8, 4) is 0 Å². The molecule has 14 heavy (non-hydrogen) atoms. The van der Waals surface area contributed by atoms with E-state index in [-0.39, 0.29) is 0 Å². The van der Waals surface area contributed by atoms with Gasteiger partial charge in [0.25, 0.3) is 0 Å². The van der Waals surface area contributed by atoms with Gasteiger partial charge >= 0.3 is 0 Å². The van der Waals surface area contributed by atoms with E-state index in [4.69, 9.17) is 0 Å². The lowest BCUT2D eigenvalue weighted by Gasteiger charge is -1.99. The molecule has 0 aromatic heterocycles. The number of allylic oxidation sites excluding steroid dienone is 4. The highest BCUT2D eigenvalue weighted by molar-refractivity contribution is 8.02. The first-order chi connectivity index (χ1) is 6.74. The van der Waals surface area contributed by atoms with E-state index in [9.17, 15) is 0 Å². The van der Waals surface area contributed by atoms with E-state index in [1.807, 2.05) is 6.08 Å². The van der Waals surface area contributed by atoms with Crippen molar-refractivity contribution in [1.29, 1.82) is 0 Å². The summed E-state index contributed by atoms with van der Waals surface area (Å²) in [6.45, 7) is 8.21. The van der Waals surface area contributed by atoms with Gasteiger partial charge in [0.15, 0.2) is 0 Å². The maximum absolute atomic E-state index is 3.77. The molecule has 0 aromatic carbocycles. The molecular weight excluding hydrogens is 188 g/mol. The predicted octanol–water partition coefficient (Wildman–Crippen LogP) is 4.95. The quantitative estimate of drug-likeness (QED) is 0.423. The van der Waals surface area contributed by atoms with Crippen molar-refractivity contribution >= 4 is 11.8 Å². The predicted molar refractivity (Wildman–Crippen MR) is 69.7 cm³/mol. The summed E-state index contributed by atoms with van der Waals surface area (Å²) in [5, 5.41) is 0. The van der Waals surface area contributed by atoms with Crippen molar-refractivity contribution in [2.75, 3.05) is 6.26 Å². The second-order valence-corrected chi connectivity index (χ2v) is 4.33. The zero-order valence-corrected chi connectivity index (χ0v) is 10.5. The van der Waals surface area contributed by atoms with Gasteiger partial charge in [-0.2, -0.15) is 0 Å². The lowest BCUT2D eigenvalue weighted by molar-refractivity contribution is 0.713. The minimum atomic E-state index is 1.23. The van der Waals surface area contributed by atoms with Crippen LogP contribution in [-0.4, -0.2) is 6.26 Å². The normalized spacial score (nSPS) is 13.1. The average molecular weight is 210 g/mol. The second kappa shape index (κ2) is 9.14. The van der Waals surface area contributed by atoms with Crippen molar-refractivity contribution in [2.24, 2.45) is 0 Å². The number of thioether (sulfide) groups is 1. The summed E-state index contributed by atoms with van der Waals surface area (Å²) in [5.74, 6) is 0. The Hall–Kier alpha value is -0.430. The number of hydrogen-bond acceptors (Lipinski definition) is 1. The van der Waals surface area contributed by atoms with Crippen LogP contribution in [0.25, 0.3) is 0 Å². The van der Waals surface area contributed by atoms with Crippen LogP contribution in [0.1, 0.15) is 39.5 Å². The summed E-state index contributed by atoms with van der Waals surface area (Å²) < 4.78 is 0. The topological polar surface area (TPSA) is 0 Å². The highest BCUT2D eigenvalue weighted by atomic mass is 32.2. The Kier molecular flexibility index (Phi) is 8.86. The van der Waals surface area contributed by atoms with Crippen LogP contribution in [0.2, 0.25) is 0 Å². The van der Waals surface area contributed by atoms with Crippen molar-refractivity contribution in [2.45, 2.75) is 39.5 Å². The van der Waals surface area contributed by atoms with Crippen molar-refractivity contribution < 1.29 is 0 Å². The molecule has 1 heteroatoms. The number of rotatable bonds is 7. The molecule has 0 aromatic rings. The van der Waals surface area contributed by atoms with Gasteiger partial charge in [-0.05, 0) is 32.1 Å². The molecule has 0 radical (unpaired) electrons. The summed E-state index contributed by atoms with van der Waals surface area (Å²) in [6.07, 6.45) is 13.5. The Morgan fingerprint density at radius 2 is 2.00 bits per heavy atom. The van der Waals surface area contributed by atoms with Crippen molar-refractivity contribution in [3.05, 3.63) is 35.3 Å². The Morgan fingerprint density at radius 1 is 1.29 bits per heavy atom. The van der Waals surface area contributed by atoms with Crippen molar-refractivity contribution in [3.63, 3.8) is 0 Å². The smallest absolute Gasteiger partial charge is 0.00632 e. The molecule has 0 nitrogen and oxygen atoms in total. The number of unbranched alkanes of at least 4 members (excludes halogenated alkanes) is 2. The van der Waals surface area contributed by atoms with E-state index in [0.29, 0.717) is 0 Å². The molecule has 0 spiro atoms. The molecule has 0 atom stereocenters. The van der Waals surface area contributed by atoms with E-state index in [0.717, 1.165) is 0 Å². The molecule has 0 aliphatic heterocycles. The summed E-state index contributed by atoms with van der Waals surface area (Å²) in [6, 6.07) is 0. The fourth-order valence-electron chi connectivity index (χ4n) is 1.18. The lowest BCUT2D eigenvalue weighted by atomic mass is 10.1. The van der Waals surface area contributed by atoms with Crippen LogP contribution in [0.4, 0.5) is 0 Å². The van der Waals surface area contributed by atoms with Gasteiger partial charge in [0, 0.05) is 4.91 Å². The highest BCUT2D eigenvalue weighted by Crippen LogP contribution is 2.14. The van der Waals surface area contributed by atoms with Crippen LogP contribution in [-0.2, 0) is 0 Å². The van der Waals surface area contributed by atoms with Gasteiger partial charge in [-0.15, -0.1) is 11.8 Å². The molecule has 0 aliphatic carbocycles. The third-order valence-electron chi connectivity index (χ3n) is 2.14. The fraction of sp³-hybridized carbons (Fsp3) is 0.538. The van der Waals surface area contributed by atoms with Gasteiger partial charge in [-0.3, -0.25) is 0 Å². The zero-order chi connectivity index (χ0) is 10.8. The molecule has 0 amide bonds. The van der Waals surface area contributed by atoms with Crippen LogP contribution < -0.4 is 0 Å². The molecule has 0 fully saturated rings. The largest absolute Gasteiger partial charge is 0.130 e. The molecule has 0 aliphatic rings. The maximum atomic E-state index is 3.77. The highest BCUT2D eigenvalue weighted by Gasteiger charge is 1.89. The molecule has 0 N–H and O–H groups in total. The minimum Gasteiger partial charge on any atom is -0.130 e. The second-order valence-electron chi connectivity index (χ2n) is 3.45. The molecule has 0 saturated heterocycles. The monoisotopic (exact) mass is 210 g/mol. The Bertz CT molecular complexity index is 211. The van der Waals surface area contributed by atoms with Gasteiger partial charge in [-0.25, -0.2) is 0 Å². The molecular formula is C13H22S. The first-order valence-electron chi connectivity index (χ1n) is 5.28. The lowest BCUT2D eigenvalue weighted by Crippen LogP contribution is -1.78. The summed E-state index contributed by atoms with van der Waals surface area (Å²) in [4.78, 5) is 1.24. The van der Waals surface area contributed by atoms with Gasteiger partial charge in [-0.1, -0.05) is 44.1 Å². The van der Waals surface area contributed by atoms with Gasteiger partial charge in [0.05, 0.1) is 0 Å². The van der Waals surface area contributed by atoms with Gasteiger partial charge in [0.2, 0.25) is 0 Å². The standard InChI is InChI=1S/C13H22S/c1-5-7-8-9-12(3)10-11-13(6-2)14-4/h6,10-11H,2,5,7-9H2,1,3-4H3/b12-10+,13-11+. The fourth-order valence-corrected chi connectivity index (χ4v) is 1.55. The summed E-state index contributed by atoms with van der Waals surface area (Å²) in [5.41, 5.74) is 1.46. The molecule has 0 bridgehead atoms. The zero-order valence-electron chi connectivity index (χ0n) is 9.68. The third kappa shape index (κ3) is 7.02. The van der Waals surface area contributed by atoms with Crippen LogP contribution >= 0.6 is 11.8 Å². The van der Waals surface area contributed by atoms with E-state index >= 15 is 0 Å². The SMILES string of the molecule is C=C/C(=C\C=C(/C)CCCCC)SC. The first kappa shape index (κ1) is 13.6. The van der Waals surface area contributed by atoms with Crippen molar-refractivity contribution in [1.82, 2.24) is 0 Å².